The lowest BCUT2D eigenvalue weighted by Gasteiger charge is -2.26. The lowest BCUT2D eigenvalue weighted by molar-refractivity contribution is -0.147. The molecular weight excluding hydrogens is 657 g/mol. The van der Waals surface area contributed by atoms with Gasteiger partial charge in [0.2, 0.25) is 0 Å². The van der Waals surface area contributed by atoms with Gasteiger partial charge in [-0.15, -0.1) is 0 Å². The van der Waals surface area contributed by atoms with E-state index in [1.54, 1.807) is 30.3 Å². The molecule has 0 radical (unpaired) electrons. The number of aliphatic hydroxyl groups excluding tert-OH is 1. The fourth-order valence-electron chi connectivity index (χ4n) is 4.51. The van der Waals surface area contributed by atoms with Crippen LogP contribution in [-0.2, 0) is 30.0 Å². The number of aromatic nitrogens is 2. The minimum atomic E-state index is -4.28. The summed E-state index contributed by atoms with van der Waals surface area (Å²) in [4.78, 5) is 41.4. The number of carbonyl (C=O) groups is 1. The van der Waals surface area contributed by atoms with Crippen LogP contribution in [0.5, 0.6) is 5.75 Å². The summed E-state index contributed by atoms with van der Waals surface area (Å²) < 4.78 is 38.3. The van der Waals surface area contributed by atoms with Crippen molar-refractivity contribution < 1.29 is 33.0 Å². The Morgan fingerprint density at radius 2 is 1.86 bits per heavy atom. The predicted molar refractivity (Wildman–Crippen MR) is 167 cm³/mol. The first kappa shape index (κ1) is 33.6. The summed E-state index contributed by atoms with van der Waals surface area (Å²) in [7, 11) is -4.28. The Balaban J connectivity index is 1.51. The zero-order valence-electron chi connectivity index (χ0n) is 24.2. The number of hydrogen-bond acceptors (Lipinski definition) is 9. The fourth-order valence-corrected chi connectivity index (χ4v) is 6.31. The summed E-state index contributed by atoms with van der Waals surface area (Å²) in [6.45, 7) is 3.43. The number of nitrogens with one attached hydrogen (secondary N) is 2. The monoisotopic (exact) mass is 691 g/mol. The Bertz CT molecular complexity index is 1580. The molecule has 12 nitrogen and oxygen atoms in total. The Hall–Kier alpha value is -3.32. The Morgan fingerprint density at radius 3 is 2.52 bits per heavy atom. The quantitative estimate of drug-likeness (QED) is 0.162. The number of rotatable bonds is 14. The molecule has 0 saturated carbocycles. The van der Waals surface area contributed by atoms with Crippen molar-refractivity contribution in [1.82, 2.24) is 14.6 Å². The zero-order chi connectivity index (χ0) is 31.7. The van der Waals surface area contributed by atoms with E-state index in [-0.39, 0.29) is 36.7 Å². The van der Waals surface area contributed by atoms with Crippen molar-refractivity contribution >= 4 is 35.7 Å². The predicted octanol–water partition coefficient (Wildman–Crippen LogP) is 4.50. The third-order valence-corrected chi connectivity index (χ3v) is 8.49. The average Bonchev–Trinajstić information content (AvgIpc) is 3.36. The van der Waals surface area contributed by atoms with Crippen LogP contribution in [0.4, 0.5) is 0 Å². The van der Waals surface area contributed by atoms with E-state index in [1.165, 1.54) is 17.3 Å². The zero-order valence-corrected chi connectivity index (χ0v) is 26.7. The molecule has 3 aromatic rings. The maximum absolute atomic E-state index is 14.2. The number of aromatic amines is 1. The molecule has 1 aromatic heterocycles. The van der Waals surface area contributed by atoms with Crippen LogP contribution in [0, 0.1) is 5.92 Å². The van der Waals surface area contributed by atoms with Gasteiger partial charge in [-0.25, -0.2) is 9.36 Å². The molecule has 2 aromatic carbocycles. The van der Waals surface area contributed by atoms with Crippen LogP contribution in [0.1, 0.15) is 44.0 Å². The van der Waals surface area contributed by atoms with E-state index in [0.29, 0.717) is 0 Å². The SMILES string of the molecule is CC(C)C[C@H](NP(=O)(OC[C@H]1O[C@@H](n2cc(/C=C/Br)c(=O)[nH]c2=O)CC1O)Oc1ccccc1)C(=O)OCc1ccccc1. The van der Waals surface area contributed by atoms with E-state index in [4.69, 9.17) is 18.5 Å². The summed E-state index contributed by atoms with van der Waals surface area (Å²) in [6.07, 6.45) is -0.0157. The van der Waals surface area contributed by atoms with Crippen LogP contribution >= 0.6 is 23.7 Å². The molecular formula is C30H35BrN3O9P. The minimum Gasteiger partial charge on any atom is -0.460 e. The molecule has 2 heterocycles. The van der Waals surface area contributed by atoms with Gasteiger partial charge in [-0.1, -0.05) is 78.3 Å². The third kappa shape index (κ3) is 9.34. The van der Waals surface area contributed by atoms with E-state index in [0.717, 1.165) is 10.1 Å². The van der Waals surface area contributed by atoms with Gasteiger partial charge in [-0.3, -0.25) is 23.7 Å². The number of hydrogen-bond donors (Lipinski definition) is 3. The Kier molecular flexibility index (Phi) is 11.9. The summed E-state index contributed by atoms with van der Waals surface area (Å²) in [6, 6.07) is 16.4. The molecule has 2 unspecified atom stereocenters. The van der Waals surface area contributed by atoms with Crippen molar-refractivity contribution in [2.75, 3.05) is 6.61 Å². The highest BCUT2D eigenvalue weighted by Gasteiger charge is 2.40. The molecule has 4 rings (SSSR count). The highest BCUT2D eigenvalue weighted by molar-refractivity contribution is 9.11. The van der Waals surface area contributed by atoms with Crippen molar-refractivity contribution in [3.05, 3.63) is 104 Å². The van der Waals surface area contributed by atoms with E-state index < -0.39 is 56.0 Å². The number of H-pyrrole nitrogens is 1. The summed E-state index contributed by atoms with van der Waals surface area (Å²) in [5, 5.41) is 13.5. The largest absolute Gasteiger partial charge is 0.460 e. The molecule has 0 bridgehead atoms. The number of ether oxygens (including phenoxy) is 2. The smallest absolute Gasteiger partial charge is 0.459 e. The normalized spacial score (nSPS) is 20.4. The van der Waals surface area contributed by atoms with Gasteiger partial charge < -0.3 is 19.1 Å². The van der Waals surface area contributed by atoms with Gasteiger partial charge in [0.1, 0.15) is 30.7 Å². The first-order valence-corrected chi connectivity index (χ1v) is 16.5. The minimum absolute atomic E-state index is 0.00347. The van der Waals surface area contributed by atoms with E-state index in [1.807, 2.05) is 44.2 Å². The summed E-state index contributed by atoms with van der Waals surface area (Å²) in [5.74, 6) is -0.393. The maximum atomic E-state index is 14.2. The average molecular weight is 693 g/mol. The Labute approximate surface area is 262 Å². The van der Waals surface area contributed by atoms with Gasteiger partial charge in [0.05, 0.1) is 18.3 Å². The van der Waals surface area contributed by atoms with Gasteiger partial charge in [0.15, 0.2) is 0 Å². The van der Waals surface area contributed by atoms with Gasteiger partial charge in [0.25, 0.3) is 5.56 Å². The Morgan fingerprint density at radius 1 is 1.18 bits per heavy atom. The fraction of sp³-hybridized carbons (Fsp3) is 0.367. The van der Waals surface area contributed by atoms with Crippen molar-refractivity contribution in [3.8, 4) is 5.75 Å². The molecule has 1 aliphatic rings. The van der Waals surface area contributed by atoms with E-state index in [2.05, 4.69) is 26.0 Å². The molecule has 0 aliphatic carbocycles. The lowest BCUT2D eigenvalue weighted by atomic mass is 10.1. The van der Waals surface area contributed by atoms with Crippen molar-refractivity contribution in [3.63, 3.8) is 0 Å². The molecule has 1 saturated heterocycles. The number of nitrogens with zero attached hydrogens (tertiary/aromatic N) is 1. The van der Waals surface area contributed by atoms with Crippen molar-refractivity contribution in [2.24, 2.45) is 5.92 Å². The highest BCUT2D eigenvalue weighted by Crippen LogP contribution is 2.46. The lowest BCUT2D eigenvalue weighted by Crippen LogP contribution is -2.39. The maximum Gasteiger partial charge on any atom is 0.459 e. The van der Waals surface area contributed by atoms with E-state index in [9.17, 15) is 24.1 Å². The summed E-state index contributed by atoms with van der Waals surface area (Å²) >= 11 is 3.10. The van der Waals surface area contributed by atoms with Gasteiger partial charge in [-0.05, 0) is 41.1 Å². The molecule has 0 amide bonds. The van der Waals surface area contributed by atoms with Crippen molar-refractivity contribution in [1.29, 1.82) is 0 Å². The van der Waals surface area contributed by atoms with E-state index >= 15 is 0 Å². The van der Waals surface area contributed by atoms with Gasteiger partial charge in [-0.2, -0.15) is 5.09 Å². The second-order valence-corrected chi connectivity index (χ2v) is 12.8. The van der Waals surface area contributed by atoms with Crippen LogP contribution in [0.2, 0.25) is 0 Å². The molecule has 0 spiro atoms. The van der Waals surface area contributed by atoms with Crippen LogP contribution in [-0.4, -0.2) is 45.5 Å². The number of carbonyl (C=O) groups excluding carboxylic acids is 1. The molecule has 14 heteroatoms. The van der Waals surface area contributed by atoms with Crippen LogP contribution in [0.25, 0.3) is 6.08 Å². The van der Waals surface area contributed by atoms with Crippen LogP contribution < -0.4 is 20.9 Å². The first-order chi connectivity index (χ1) is 21.1. The number of halogens is 1. The van der Waals surface area contributed by atoms with Gasteiger partial charge >= 0.3 is 19.4 Å². The number of esters is 1. The molecule has 1 fully saturated rings. The highest BCUT2D eigenvalue weighted by atomic mass is 79.9. The third-order valence-electron chi connectivity index (χ3n) is 6.66. The molecule has 44 heavy (non-hydrogen) atoms. The molecule has 236 valence electrons. The van der Waals surface area contributed by atoms with Crippen LogP contribution in [0.15, 0.2) is 81.4 Å². The standard InChI is InChI=1S/C30H35BrN3O9P/c1-20(2)15-24(29(37)40-18-21-9-5-3-6-10-21)33-44(39,43-23-11-7-4-8-12-23)41-19-26-25(35)16-27(42-26)34-17-22(13-14-31)28(36)32-30(34)38/h3-14,17,20,24-27,35H,15-16,18-19H2,1-2H3,(H,33,39)(H,32,36,38)/b14-13+/t24-,25?,26+,27+,44?/m0/s1. The van der Waals surface area contributed by atoms with Crippen LogP contribution in [0.3, 0.4) is 0 Å². The van der Waals surface area contributed by atoms with Gasteiger partial charge in [0, 0.05) is 12.6 Å². The first-order valence-electron chi connectivity index (χ1n) is 14.0. The second-order valence-electron chi connectivity index (χ2n) is 10.6. The number of benzene rings is 2. The molecule has 1 aliphatic heterocycles. The number of aliphatic hydroxyl groups is 1. The summed E-state index contributed by atoms with van der Waals surface area (Å²) in [5.41, 5.74) is -0.308. The second kappa shape index (κ2) is 15.6. The topological polar surface area (TPSA) is 158 Å². The molecule has 5 atom stereocenters. The molecule has 3 N–H and O–H groups in total. The number of para-hydroxylation sites is 1. The van der Waals surface area contributed by atoms with Crippen molar-refractivity contribution in [2.45, 2.75) is 57.8 Å².